The Balaban J connectivity index is 1.80. The largest absolute Gasteiger partial charge is 0.342 e. The van der Waals surface area contributed by atoms with Crippen molar-refractivity contribution in [2.75, 3.05) is 6.54 Å². The molecule has 2 aromatic heterocycles. The van der Waals surface area contributed by atoms with E-state index < -0.39 is 0 Å². The van der Waals surface area contributed by atoms with Gasteiger partial charge in [0.25, 0.3) is 0 Å². The van der Waals surface area contributed by atoms with Crippen LogP contribution in [0.4, 0.5) is 0 Å². The lowest BCUT2D eigenvalue weighted by Gasteiger charge is -2.04. The van der Waals surface area contributed by atoms with Gasteiger partial charge in [0.1, 0.15) is 5.82 Å². The van der Waals surface area contributed by atoms with Gasteiger partial charge in [-0.2, -0.15) is 4.98 Å². The summed E-state index contributed by atoms with van der Waals surface area (Å²) < 4.78 is 5.27. The fraction of sp³-hybridized carbons (Fsp3) is 0.357. The highest BCUT2D eigenvalue weighted by Gasteiger charge is 2.16. The highest BCUT2D eigenvalue weighted by atomic mass is 16.5. The standard InChI is InChI=1S/C14H17N5O/c1-2-9(8-15)14-18-13(19-20-14)7-12-16-10-5-3-4-6-11(10)17-12/h3-6,9H,2,7-8,15H2,1H3,(H,16,17). The molecule has 3 aromatic rings. The van der Waals surface area contributed by atoms with Crippen molar-refractivity contribution >= 4 is 11.0 Å². The third-order valence-corrected chi connectivity index (χ3v) is 3.37. The van der Waals surface area contributed by atoms with E-state index in [1.165, 1.54) is 0 Å². The van der Waals surface area contributed by atoms with Gasteiger partial charge in [-0.15, -0.1) is 0 Å². The lowest BCUT2D eigenvalue weighted by atomic mass is 10.1. The van der Waals surface area contributed by atoms with Crippen molar-refractivity contribution in [2.24, 2.45) is 5.73 Å². The van der Waals surface area contributed by atoms with Gasteiger partial charge in [0, 0.05) is 6.54 Å². The summed E-state index contributed by atoms with van der Waals surface area (Å²) >= 11 is 0. The number of H-pyrrole nitrogens is 1. The Labute approximate surface area is 116 Å². The smallest absolute Gasteiger partial charge is 0.231 e. The summed E-state index contributed by atoms with van der Waals surface area (Å²) in [7, 11) is 0. The molecule has 0 bridgehead atoms. The Morgan fingerprint density at radius 2 is 2.15 bits per heavy atom. The molecule has 0 aliphatic heterocycles. The maximum absolute atomic E-state index is 5.68. The van der Waals surface area contributed by atoms with Gasteiger partial charge < -0.3 is 15.2 Å². The summed E-state index contributed by atoms with van der Waals surface area (Å²) in [5, 5.41) is 4.00. The zero-order valence-corrected chi connectivity index (χ0v) is 11.3. The molecule has 0 fully saturated rings. The first-order valence-corrected chi connectivity index (χ1v) is 6.76. The fourth-order valence-electron chi connectivity index (χ4n) is 2.19. The van der Waals surface area contributed by atoms with Crippen LogP contribution in [-0.4, -0.2) is 26.7 Å². The van der Waals surface area contributed by atoms with Crippen LogP contribution < -0.4 is 5.73 Å². The number of nitrogens with two attached hydrogens (primary N) is 1. The van der Waals surface area contributed by atoms with Crippen LogP contribution >= 0.6 is 0 Å². The lowest BCUT2D eigenvalue weighted by Crippen LogP contribution is -2.11. The number of hydrogen-bond acceptors (Lipinski definition) is 5. The van der Waals surface area contributed by atoms with Crippen LogP contribution in [0.3, 0.4) is 0 Å². The van der Waals surface area contributed by atoms with Crippen LogP contribution in [0.25, 0.3) is 11.0 Å². The van der Waals surface area contributed by atoms with Gasteiger partial charge in [-0.3, -0.25) is 0 Å². The van der Waals surface area contributed by atoms with Crippen molar-refractivity contribution in [1.82, 2.24) is 20.1 Å². The Morgan fingerprint density at radius 3 is 2.90 bits per heavy atom. The van der Waals surface area contributed by atoms with Crippen molar-refractivity contribution in [2.45, 2.75) is 25.7 Å². The molecule has 0 amide bonds. The minimum absolute atomic E-state index is 0.131. The van der Waals surface area contributed by atoms with E-state index in [-0.39, 0.29) is 5.92 Å². The third-order valence-electron chi connectivity index (χ3n) is 3.37. The number of rotatable bonds is 5. The summed E-state index contributed by atoms with van der Waals surface area (Å²) in [4.78, 5) is 12.2. The summed E-state index contributed by atoms with van der Waals surface area (Å²) in [6.07, 6.45) is 1.42. The normalized spacial score (nSPS) is 12.9. The summed E-state index contributed by atoms with van der Waals surface area (Å²) in [6, 6.07) is 7.91. The number of aromatic amines is 1. The maximum Gasteiger partial charge on any atom is 0.231 e. The minimum Gasteiger partial charge on any atom is -0.342 e. The first-order chi connectivity index (χ1) is 9.80. The summed E-state index contributed by atoms with van der Waals surface area (Å²) in [5.74, 6) is 2.21. The number of nitrogens with one attached hydrogen (secondary N) is 1. The lowest BCUT2D eigenvalue weighted by molar-refractivity contribution is 0.348. The van der Waals surface area contributed by atoms with Crippen molar-refractivity contribution in [1.29, 1.82) is 0 Å². The molecule has 0 saturated carbocycles. The second-order valence-electron chi connectivity index (χ2n) is 4.77. The van der Waals surface area contributed by atoms with E-state index in [0.717, 1.165) is 23.3 Å². The van der Waals surface area contributed by atoms with Gasteiger partial charge in [-0.05, 0) is 18.6 Å². The molecule has 0 radical (unpaired) electrons. The van der Waals surface area contributed by atoms with Gasteiger partial charge >= 0.3 is 0 Å². The van der Waals surface area contributed by atoms with Crippen LogP contribution in [0.1, 0.15) is 36.8 Å². The third kappa shape index (κ3) is 2.42. The minimum atomic E-state index is 0.131. The summed E-state index contributed by atoms with van der Waals surface area (Å²) in [5.41, 5.74) is 7.64. The first kappa shape index (κ1) is 12.8. The molecule has 3 N–H and O–H groups in total. The topological polar surface area (TPSA) is 93.6 Å². The number of fused-ring (bicyclic) bond motifs is 1. The molecule has 104 valence electrons. The van der Waals surface area contributed by atoms with Crippen LogP contribution in [0.5, 0.6) is 0 Å². The monoisotopic (exact) mass is 271 g/mol. The van der Waals surface area contributed by atoms with E-state index in [0.29, 0.717) is 24.7 Å². The quantitative estimate of drug-likeness (QED) is 0.740. The number of imidazole rings is 1. The van der Waals surface area contributed by atoms with Crippen molar-refractivity contribution in [3.05, 3.63) is 41.8 Å². The van der Waals surface area contributed by atoms with Gasteiger partial charge in [-0.25, -0.2) is 4.98 Å². The molecule has 6 nitrogen and oxygen atoms in total. The second kappa shape index (κ2) is 5.42. The predicted molar refractivity (Wildman–Crippen MR) is 75.3 cm³/mol. The Morgan fingerprint density at radius 1 is 1.30 bits per heavy atom. The van der Waals surface area contributed by atoms with E-state index in [1.807, 2.05) is 24.3 Å². The predicted octanol–water partition coefficient (Wildman–Crippen LogP) is 1.99. The first-order valence-electron chi connectivity index (χ1n) is 6.76. The van der Waals surface area contributed by atoms with Crippen LogP contribution in [0.15, 0.2) is 28.8 Å². The molecule has 2 heterocycles. The Kier molecular flexibility index (Phi) is 3.47. The average Bonchev–Trinajstić information content (AvgIpc) is 3.07. The molecular weight excluding hydrogens is 254 g/mol. The van der Waals surface area contributed by atoms with Gasteiger partial charge in [0.15, 0.2) is 5.82 Å². The van der Waals surface area contributed by atoms with Gasteiger partial charge in [-0.1, -0.05) is 24.2 Å². The number of nitrogens with zero attached hydrogens (tertiary/aromatic N) is 3. The summed E-state index contributed by atoms with van der Waals surface area (Å²) in [6.45, 7) is 2.57. The van der Waals surface area contributed by atoms with Crippen molar-refractivity contribution in [3.8, 4) is 0 Å². The molecule has 3 rings (SSSR count). The van der Waals surface area contributed by atoms with E-state index in [4.69, 9.17) is 10.3 Å². The molecular formula is C14H17N5O. The number of aromatic nitrogens is 4. The van der Waals surface area contributed by atoms with E-state index in [9.17, 15) is 0 Å². The number of benzene rings is 1. The average molecular weight is 271 g/mol. The molecule has 20 heavy (non-hydrogen) atoms. The molecule has 0 saturated heterocycles. The van der Waals surface area contributed by atoms with Crippen LogP contribution in [-0.2, 0) is 6.42 Å². The Bertz CT molecular complexity index is 665. The highest BCUT2D eigenvalue weighted by Crippen LogP contribution is 2.17. The molecule has 6 heteroatoms. The molecule has 1 unspecified atom stereocenters. The zero-order chi connectivity index (χ0) is 13.9. The van der Waals surface area contributed by atoms with Crippen LogP contribution in [0, 0.1) is 0 Å². The van der Waals surface area contributed by atoms with Crippen LogP contribution in [0.2, 0.25) is 0 Å². The SMILES string of the molecule is CCC(CN)c1nc(Cc2nc3ccccc3[nH]2)no1. The van der Waals surface area contributed by atoms with E-state index in [1.54, 1.807) is 0 Å². The molecule has 0 spiro atoms. The second-order valence-corrected chi connectivity index (χ2v) is 4.77. The van der Waals surface area contributed by atoms with Crippen molar-refractivity contribution < 1.29 is 4.52 Å². The number of hydrogen-bond donors (Lipinski definition) is 2. The number of para-hydroxylation sites is 2. The van der Waals surface area contributed by atoms with E-state index in [2.05, 4.69) is 27.0 Å². The zero-order valence-electron chi connectivity index (χ0n) is 11.3. The Hall–Kier alpha value is -2.21. The molecule has 1 atom stereocenters. The maximum atomic E-state index is 5.68. The molecule has 0 aliphatic rings. The van der Waals surface area contributed by atoms with Gasteiger partial charge in [0.2, 0.25) is 5.89 Å². The van der Waals surface area contributed by atoms with Crippen molar-refractivity contribution in [3.63, 3.8) is 0 Å². The fourth-order valence-corrected chi connectivity index (χ4v) is 2.19. The van der Waals surface area contributed by atoms with E-state index >= 15 is 0 Å². The molecule has 0 aliphatic carbocycles. The highest BCUT2D eigenvalue weighted by molar-refractivity contribution is 5.74. The molecule has 1 aromatic carbocycles. The van der Waals surface area contributed by atoms with Gasteiger partial charge in [0.05, 0.1) is 23.4 Å².